The summed E-state index contributed by atoms with van der Waals surface area (Å²) in [5.74, 6) is 0.889. The van der Waals surface area contributed by atoms with E-state index in [-0.39, 0.29) is 43.0 Å². The normalized spacial score (nSPS) is 14.3. The van der Waals surface area contributed by atoms with Crippen LogP contribution in [0.5, 0.6) is 0 Å². The van der Waals surface area contributed by atoms with Crippen molar-refractivity contribution < 1.29 is 40.3 Å². The van der Waals surface area contributed by atoms with Crippen LogP contribution in [-0.4, -0.2) is 33.5 Å². The van der Waals surface area contributed by atoms with Crippen molar-refractivity contribution in [1.82, 2.24) is 0 Å². The Morgan fingerprint density at radius 2 is 1.53 bits per heavy atom. The van der Waals surface area contributed by atoms with Crippen LogP contribution in [-0.2, 0) is 4.74 Å². The second-order valence-electron chi connectivity index (χ2n) is 3.83. The molecule has 0 N–H and O–H groups in total. The van der Waals surface area contributed by atoms with Gasteiger partial charge in [-0.2, -0.15) is 13.1 Å². The maximum absolute atomic E-state index is 5.03. The Morgan fingerprint density at radius 1 is 1.06 bits per heavy atom. The monoisotopic (exact) mass is 368 g/mol. The van der Waals surface area contributed by atoms with Crippen LogP contribution in [0.15, 0.2) is 0 Å². The number of nitrogens with zero attached hydrogens (tertiary/aromatic N) is 2. The van der Waals surface area contributed by atoms with Crippen molar-refractivity contribution in [2.24, 2.45) is 5.92 Å². The minimum Gasteiger partial charge on any atom is -0.681 e. The molecule has 0 saturated heterocycles. The summed E-state index contributed by atoms with van der Waals surface area (Å²) >= 11 is 0. The number of ether oxygens (including phenoxy) is 1. The van der Waals surface area contributed by atoms with E-state index in [4.69, 9.17) is 4.74 Å². The fourth-order valence-corrected chi connectivity index (χ4v) is 1.68. The van der Waals surface area contributed by atoms with Crippen molar-refractivity contribution in [3.8, 4) is 0 Å². The zero-order valence-electron chi connectivity index (χ0n) is 12.1. The van der Waals surface area contributed by atoms with Gasteiger partial charge >= 0.3 is 35.6 Å². The summed E-state index contributed by atoms with van der Waals surface area (Å²) in [5, 5.41) is 7.99. The summed E-state index contributed by atoms with van der Waals surface area (Å²) in [7, 11) is 1.79. The molecule has 0 aromatic rings. The van der Waals surface area contributed by atoms with Gasteiger partial charge in [0.05, 0.1) is 0 Å². The molecule has 0 spiro atoms. The van der Waals surface area contributed by atoms with E-state index in [2.05, 4.69) is 10.6 Å². The number of hydrogen-bond donors (Lipinski definition) is 0. The molecule has 0 amide bonds. The van der Waals surface area contributed by atoms with Gasteiger partial charge in [-0.3, -0.25) is 6.67 Å². The molecule has 4 heteroatoms. The molecule has 3 nitrogen and oxygen atoms in total. The van der Waals surface area contributed by atoms with Crippen molar-refractivity contribution in [2.75, 3.05) is 33.5 Å². The first-order chi connectivity index (χ1) is 7.35. The largest absolute Gasteiger partial charge is 3.00 e. The Hall–Kier alpha value is 1.07. The first-order valence-electron chi connectivity index (χ1n) is 6.10. The SMILES string of the molecule is CC[N-]C[N-]CC.COCC1CCCC1.[CH3-].[La+3]. The third kappa shape index (κ3) is 17.1. The van der Waals surface area contributed by atoms with E-state index in [1.807, 2.05) is 13.8 Å². The Kier molecular flexibility index (Phi) is 26.5. The molecule has 0 aromatic carbocycles. The summed E-state index contributed by atoms with van der Waals surface area (Å²) in [5.41, 5.74) is 0. The van der Waals surface area contributed by atoms with Crippen LogP contribution >= 0.6 is 0 Å². The van der Waals surface area contributed by atoms with Gasteiger partial charge in [-0.15, -0.1) is 0 Å². The van der Waals surface area contributed by atoms with Gasteiger partial charge in [-0.25, -0.2) is 0 Å². The Balaban J connectivity index is -0.000000208. The molecule has 17 heavy (non-hydrogen) atoms. The van der Waals surface area contributed by atoms with E-state index in [1.54, 1.807) is 7.11 Å². The molecular weight excluding hydrogens is 339 g/mol. The van der Waals surface area contributed by atoms with E-state index in [9.17, 15) is 0 Å². The zero-order chi connectivity index (χ0) is 11.4. The van der Waals surface area contributed by atoms with Gasteiger partial charge in [-0.1, -0.05) is 26.7 Å². The van der Waals surface area contributed by atoms with Crippen LogP contribution in [0.25, 0.3) is 10.6 Å². The molecule has 1 saturated carbocycles. The molecular formula is C13H29LaN2O. The first kappa shape index (κ1) is 23.2. The summed E-state index contributed by atoms with van der Waals surface area (Å²) in [6.45, 7) is 7.50. The molecule has 0 heterocycles. The third-order valence-corrected chi connectivity index (χ3v) is 2.52. The summed E-state index contributed by atoms with van der Waals surface area (Å²) < 4.78 is 5.03. The maximum Gasteiger partial charge on any atom is 3.00 e. The summed E-state index contributed by atoms with van der Waals surface area (Å²) in [6.07, 6.45) is 5.64. The van der Waals surface area contributed by atoms with Gasteiger partial charge in [0.2, 0.25) is 0 Å². The fourth-order valence-electron chi connectivity index (χ4n) is 1.68. The van der Waals surface area contributed by atoms with E-state index in [0.29, 0.717) is 6.67 Å². The van der Waals surface area contributed by atoms with Crippen LogP contribution in [0, 0.1) is 48.9 Å². The summed E-state index contributed by atoms with van der Waals surface area (Å²) in [4.78, 5) is 0. The molecule has 1 aliphatic carbocycles. The number of rotatable bonds is 6. The Bertz CT molecular complexity index is 116. The first-order valence-corrected chi connectivity index (χ1v) is 6.10. The van der Waals surface area contributed by atoms with Gasteiger partial charge in [0.1, 0.15) is 0 Å². The van der Waals surface area contributed by atoms with Crippen molar-refractivity contribution in [3.05, 3.63) is 18.1 Å². The van der Waals surface area contributed by atoms with E-state index in [0.717, 1.165) is 25.6 Å². The molecule has 1 fully saturated rings. The van der Waals surface area contributed by atoms with Crippen LogP contribution < -0.4 is 0 Å². The van der Waals surface area contributed by atoms with Crippen LogP contribution in [0.1, 0.15) is 39.5 Å². The van der Waals surface area contributed by atoms with Crippen LogP contribution in [0.3, 0.4) is 0 Å². The minimum atomic E-state index is 0. The zero-order valence-corrected chi connectivity index (χ0v) is 15.7. The van der Waals surface area contributed by atoms with E-state index >= 15 is 0 Å². The Morgan fingerprint density at radius 3 is 1.88 bits per heavy atom. The predicted molar refractivity (Wildman–Crippen MR) is 72.9 cm³/mol. The summed E-state index contributed by atoms with van der Waals surface area (Å²) in [6, 6.07) is 0. The van der Waals surface area contributed by atoms with Crippen LogP contribution in [0.2, 0.25) is 0 Å². The van der Waals surface area contributed by atoms with Crippen molar-refractivity contribution in [2.45, 2.75) is 39.5 Å². The molecule has 0 aromatic heterocycles. The predicted octanol–water partition coefficient (Wildman–Crippen LogP) is 4.00. The molecule has 0 bridgehead atoms. The van der Waals surface area contributed by atoms with Gasteiger partial charge in [0, 0.05) is 13.7 Å². The molecule has 0 atom stereocenters. The average Bonchev–Trinajstić information content (AvgIpc) is 2.73. The van der Waals surface area contributed by atoms with Gasteiger partial charge < -0.3 is 22.8 Å². The molecule has 100 valence electrons. The second kappa shape index (κ2) is 19.4. The van der Waals surface area contributed by atoms with Crippen molar-refractivity contribution >= 4 is 0 Å². The smallest absolute Gasteiger partial charge is 0.681 e. The fraction of sp³-hybridized carbons (Fsp3) is 0.923. The topological polar surface area (TPSA) is 37.4 Å². The molecule has 0 unspecified atom stereocenters. The third-order valence-electron chi connectivity index (χ3n) is 2.52. The quantitative estimate of drug-likeness (QED) is 0.516. The number of methoxy groups -OCH3 is 1. The Labute approximate surface area is 136 Å². The van der Waals surface area contributed by atoms with E-state index < -0.39 is 0 Å². The average molecular weight is 368 g/mol. The molecule has 1 rings (SSSR count). The van der Waals surface area contributed by atoms with Gasteiger partial charge in [0.15, 0.2) is 0 Å². The standard InChI is InChI=1S/C7H14O.C5H12N2.CH3.La/c1-8-6-7-4-2-3-5-7;1-3-6-5-7-4-2;;/h7H,2-6H2,1H3;3-5H2,1-2H3;1H3;/q;-2;-1;+3. The van der Waals surface area contributed by atoms with Crippen LogP contribution in [0.4, 0.5) is 0 Å². The minimum absolute atomic E-state index is 0. The molecule has 0 aliphatic heterocycles. The maximum atomic E-state index is 5.03. The van der Waals surface area contributed by atoms with Crippen molar-refractivity contribution in [3.63, 3.8) is 0 Å². The molecule has 1 aliphatic rings. The van der Waals surface area contributed by atoms with Crippen molar-refractivity contribution in [1.29, 1.82) is 0 Å². The van der Waals surface area contributed by atoms with E-state index in [1.165, 1.54) is 25.7 Å². The second-order valence-corrected chi connectivity index (χ2v) is 3.83. The van der Waals surface area contributed by atoms with Gasteiger partial charge in [0.25, 0.3) is 0 Å². The molecule has 0 radical (unpaired) electrons. The number of hydrogen-bond acceptors (Lipinski definition) is 1. The van der Waals surface area contributed by atoms with Gasteiger partial charge in [-0.05, 0) is 18.8 Å².